The lowest BCUT2D eigenvalue weighted by Gasteiger charge is -2.23. The van der Waals surface area contributed by atoms with E-state index in [9.17, 15) is 13.2 Å². The number of amides is 2. The summed E-state index contributed by atoms with van der Waals surface area (Å²) >= 11 is 0. The number of pyridine rings is 1. The number of carbonyl (C=O) groups excluding carboxylic acids is 1. The zero-order valence-corrected chi connectivity index (χ0v) is 14.9. The maximum Gasteiger partial charge on any atom is 0.315 e. The normalized spacial score (nSPS) is 13.1. The predicted octanol–water partition coefficient (Wildman–Crippen LogP) is 1.50. The summed E-state index contributed by atoms with van der Waals surface area (Å²) in [6, 6.07) is 3.19. The monoisotopic (exact) mass is 342 g/mol. The van der Waals surface area contributed by atoms with E-state index in [0.717, 1.165) is 5.56 Å². The molecule has 2 amide bonds. The first-order valence-electron chi connectivity index (χ1n) is 7.63. The molecule has 0 radical (unpaired) electrons. The average molecular weight is 342 g/mol. The van der Waals surface area contributed by atoms with Crippen LogP contribution in [-0.4, -0.2) is 49.1 Å². The highest BCUT2D eigenvalue weighted by molar-refractivity contribution is 7.88. The van der Waals surface area contributed by atoms with Crippen molar-refractivity contribution < 1.29 is 13.2 Å². The molecule has 23 heavy (non-hydrogen) atoms. The standard InChI is InChI=1S/C15H26N4O3S/c1-12(2)19(23(4,21)22)10-6-9-17-15(20)18-13(3)14-7-5-8-16-11-14/h5,7-8,11-13H,6,9-10H2,1-4H3,(H2,17,18,20)/t13-/m0/s1. The summed E-state index contributed by atoms with van der Waals surface area (Å²) in [6.07, 6.45) is 5.14. The second kappa shape index (κ2) is 8.83. The molecule has 130 valence electrons. The number of urea groups is 1. The topological polar surface area (TPSA) is 91.4 Å². The Morgan fingerprint density at radius 1 is 1.35 bits per heavy atom. The predicted molar refractivity (Wildman–Crippen MR) is 90.5 cm³/mol. The van der Waals surface area contributed by atoms with E-state index >= 15 is 0 Å². The molecule has 1 aromatic rings. The van der Waals surface area contributed by atoms with Crippen LogP contribution in [0.5, 0.6) is 0 Å². The Morgan fingerprint density at radius 3 is 2.57 bits per heavy atom. The molecular weight excluding hydrogens is 316 g/mol. The first-order chi connectivity index (χ1) is 10.7. The number of rotatable bonds is 8. The molecule has 7 nitrogen and oxygen atoms in total. The number of nitrogens with zero attached hydrogens (tertiary/aromatic N) is 2. The van der Waals surface area contributed by atoms with Crippen LogP contribution in [0.25, 0.3) is 0 Å². The van der Waals surface area contributed by atoms with Crippen molar-refractivity contribution in [2.45, 2.75) is 39.3 Å². The van der Waals surface area contributed by atoms with Gasteiger partial charge in [0.15, 0.2) is 0 Å². The third kappa shape index (κ3) is 6.96. The van der Waals surface area contributed by atoms with Crippen LogP contribution in [0.3, 0.4) is 0 Å². The van der Waals surface area contributed by atoms with E-state index in [0.29, 0.717) is 19.5 Å². The molecule has 0 fully saturated rings. The summed E-state index contributed by atoms with van der Waals surface area (Å²) in [7, 11) is -3.22. The van der Waals surface area contributed by atoms with Gasteiger partial charge >= 0.3 is 6.03 Å². The van der Waals surface area contributed by atoms with Crippen molar-refractivity contribution >= 4 is 16.1 Å². The van der Waals surface area contributed by atoms with Gasteiger partial charge in [0, 0.05) is 31.5 Å². The van der Waals surface area contributed by atoms with Gasteiger partial charge in [0.1, 0.15) is 0 Å². The smallest absolute Gasteiger partial charge is 0.315 e. The summed E-state index contributed by atoms with van der Waals surface area (Å²) in [4.78, 5) is 15.8. The zero-order valence-electron chi connectivity index (χ0n) is 14.1. The van der Waals surface area contributed by atoms with Gasteiger partial charge in [0.2, 0.25) is 10.0 Å². The molecule has 1 heterocycles. The van der Waals surface area contributed by atoms with Gasteiger partial charge in [-0.25, -0.2) is 13.2 Å². The highest BCUT2D eigenvalue weighted by Gasteiger charge is 2.19. The van der Waals surface area contributed by atoms with Gasteiger partial charge in [0.05, 0.1) is 12.3 Å². The summed E-state index contributed by atoms with van der Waals surface area (Å²) in [5.74, 6) is 0. The first kappa shape index (κ1) is 19.4. The molecule has 1 atom stereocenters. The lowest BCUT2D eigenvalue weighted by molar-refractivity contribution is 0.237. The van der Waals surface area contributed by atoms with Crippen LogP contribution < -0.4 is 10.6 Å². The van der Waals surface area contributed by atoms with Crippen LogP contribution in [0.4, 0.5) is 4.79 Å². The minimum Gasteiger partial charge on any atom is -0.338 e. The molecule has 0 saturated heterocycles. The van der Waals surface area contributed by atoms with Gasteiger partial charge in [-0.15, -0.1) is 0 Å². The van der Waals surface area contributed by atoms with Crippen molar-refractivity contribution in [3.05, 3.63) is 30.1 Å². The van der Waals surface area contributed by atoms with Gasteiger partial charge in [-0.2, -0.15) is 4.31 Å². The van der Waals surface area contributed by atoms with E-state index in [4.69, 9.17) is 0 Å². The Morgan fingerprint density at radius 2 is 2.04 bits per heavy atom. The minimum atomic E-state index is -3.22. The van der Waals surface area contributed by atoms with Gasteiger partial charge in [-0.3, -0.25) is 4.98 Å². The largest absolute Gasteiger partial charge is 0.338 e. The van der Waals surface area contributed by atoms with Crippen LogP contribution in [0.2, 0.25) is 0 Å². The fourth-order valence-electron chi connectivity index (χ4n) is 2.21. The molecule has 0 saturated carbocycles. The van der Waals surface area contributed by atoms with Crippen molar-refractivity contribution in [1.29, 1.82) is 0 Å². The van der Waals surface area contributed by atoms with Gasteiger partial charge < -0.3 is 10.6 Å². The van der Waals surface area contributed by atoms with E-state index in [-0.39, 0.29) is 18.1 Å². The van der Waals surface area contributed by atoms with E-state index in [1.165, 1.54) is 10.6 Å². The summed E-state index contributed by atoms with van der Waals surface area (Å²) < 4.78 is 24.7. The Bertz CT molecular complexity index is 590. The van der Waals surface area contributed by atoms with Crippen molar-refractivity contribution in [1.82, 2.24) is 19.9 Å². The van der Waals surface area contributed by atoms with Crippen LogP contribution in [0, 0.1) is 0 Å². The Balaban J connectivity index is 2.34. The molecule has 0 bridgehead atoms. The van der Waals surface area contributed by atoms with Crippen LogP contribution in [0.15, 0.2) is 24.5 Å². The molecule has 0 aromatic carbocycles. The fraction of sp³-hybridized carbons (Fsp3) is 0.600. The zero-order chi connectivity index (χ0) is 17.5. The highest BCUT2D eigenvalue weighted by atomic mass is 32.2. The van der Waals surface area contributed by atoms with Crippen LogP contribution >= 0.6 is 0 Å². The second-order valence-electron chi connectivity index (χ2n) is 5.73. The number of nitrogens with one attached hydrogen (secondary N) is 2. The molecular formula is C15H26N4O3S. The fourth-order valence-corrected chi connectivity index (χ4v) is 3.43. The third-order valence-electron chi connectivity index (χ3n) is 3.37. The Hall–Kier alpha value is -1.67. The number of hydrogen-bond acceptors (Lipinski definition) is 4. The van der Waals surface area contributed by atoms with E-state index in [1.807, 2.05) is 32.9 Å². The molecule has 8 heteroatoms. The molecule has 0 aliphatic rings. The van der Waals surface area contributed by atoms with Crippen molar-refractivity contribution in [2.75, 3.05) is 19.3 Å². The van der Waals surface area contributed by atoms with Gasteiger partial charge in [-0.05, 0) is 38.8 Å². The van der Waals surface area contributed by atoms with Crippen molar-refractivity contribution in [3.8, 4) is 0 Å². The molecule has 0 spiro atoms. The van der Waals surface area contributed by atoms with E-state index in [2.05, 4.69) is 15.6 Å². The number of hydrogen-bond donors (Lipinski definition) is 2. The molecule has 2 N–H and O–H groups in total. The Kier molecular flexibility index (Phi) is 7.44. The maximum atomic E-state index is 11.8. The number of aromatic nitrogens is 1. The molecule has 0 aliphatic carbocycles. The molecule has 1 aromatic heterocycles. The second-order valence-corrected chi connectivity index (χ2v) is 7.66. The lowest BCUT2D eigenvalue weighted by Crippen LogP contribution is -2.40. The Labute approximate surface area is 138 Å². The van der Waals surface area contributed by atoms with Crippen molar-refractivity contribution in [3.63, 3.8) is 0 Å². The average Bonchev–Trinajstić information content (AvgIpc) is 2.46. The SMILES string of the molecule is CC(C)N(CCCNC(=O)N[C@@H](C)c1cccnc1)S(C)(=O)=O. The van der Waals surface area contributed by atoms with Crippen molar-refractivity contribution in [2.24, 2.45) is 0 Å². The number of sulfonamides is 1. The highest BCUT2D eigenvalue weighted by Crippen LogP contribution is 2.09. The minimum absolute atomic E-state index is 0.0931. The van der Waals surface area contributed by atoms with Gasteiger partial charge in [-0.1, -0.05) is 6.07 Å². The summed E-state index contributed by atoms with van der Waals surface area (Å²) in [5, 5.41) is 5.55. The third-order valence-corrected chi connectivity index (χ3v) is 4.83. The van der Waals surface area contributed by atoms with Gasteiger partial charge in [0.25, 0.3) is 0 Å². The summed E-state index contributed by atoms with van der Waals surface area (Å²) in [5.41, 5.74) is 0.922. The van der Waals surface area contributed by atoms with E-state index < -0.39 is 10.0 Å². The van der Waals surface area contributed by atoms with Crippen LogP contribution in [0.1, 0.15) is 38.8 Å². The molecule has 1 rings (SSSR count). The quantitative estimate of drug-likeness (QED) is 0.701. The molecule has 0 unspecified atom stereocenters. The van der Waals surface area contributed by atoms with Crippen LogP contribution in [-0.2, 0) is 10.0 Å². The lowest BCUT2D eigenvalue weighted by atomic mass is 10.1. The molecule has 0 aliphatic heterocycles. The van der Waals surface area contributed by atoms with E-state index in [1.54, 1.807) is 12.4 Å². The first-order valence-corrected chi connectivity index (χ1v) is 9.47. The number of carbonyl (C=O) groups is 1. The maximum absolute atomic E-state index is 11.8. The summed E-state index contributed by atoms with van der Waals surface area (Å²) in [6.45, 7) is 6.33.